The zero-order chi connectivity index (χ0) is 25.5. The number of halogens is 3. The number of aromatic nitrogens is 1. The lowest BCUT2D eigenvalue weighted by atomic mass is 9.92. The highest BCUT2D eigenvalue weighted by Gasteiger charge is 2.34. The number of hydrogen-bond acceptors (Lipinski definition) is 6. The molecule has 0 saturated carbocycles. The second kappa shape index (κ2) is 11.9. The molecule has 1 aromatic heterocycles. The standard InChI is InChI=1S/C23H19ClF2N2O4.C2H7N/c1-27-22(30)14-11-28-23(31-8-7-29)21(26)19(14)18-13-9-16(12-5-3-2-4-6-12)32-17(13)10-15(25)20(18)24;1-3-2/h2-6,10-11,16,29H,7-9H2,1H3,(H,27,30);3H,1-2H3. The molecule has 2 heterocycles. The smallest absolute Gasteiger partial charge is 0.253 e. The molecule has 3 N–H and O–H groups in total. The second-order valence-corrected chi connectivity index (χ2v) is 7.94. The molecule has 10 heteroatoms. The molecule has 1 amide bonds. The van der Waals surface area contributed by atoms with Gasteiger partial charge in [0.1, 0.15) is 24.3 Å². The van der Waals surface area contributed by atoms with Gasteiger partial charge in [-0.1, -0.05) is 41.9 Å². The van der Waals surface area contributed by atoms with Crippen LogP contribution in [0, 0.1) is 11.6 Å². The molecule has 1 aliphatic heterocycles. The molecule has 0 bridgehead atoms. The van der Waals surface area contributed by atoms with Crippen molar-refractivity contribution in [2.75, 3.05) is 34.4 Å². The summed E-state index contributed by atoms with van der Waals surface area (Å²) in [6, 6.07) is 10.5. The molecule has 0 saturated heterocycles. The molecule has 0 spiro atoms. The summed E-state index contributed by atoms with van der Waals surface area (Å²) >= 11 is 6.32. The Bertz CT molecular complexity index is 1200. The molecule has 7 nitrogen and oxygen atoms in total. The van der Waals surface area contributed by atoms with Crippen molar-refractivity contribution in [1.29, 1.82) is 0 Å². The van der Waals surface area contributed by atoms with Gasteiger partial charge in [0.2, 0.25) is 0 Å². The molecule has 3 aromatic rings. The zero-order valence-corrected chi connectivity index (χ0v) is 20.2. The molecule has 4 rings (SSSR count). The largest absolute Gasteiger partial charge is 0.485 e. The highest BCUT2D eigenvalue weighted by atomic mass is 35.5. The van der Waals surface area contributed by atoms with Crippen LogP contribution in [0.1, 0.15) is 27.6 Å². The van der Waals surface area contributed by atoms with Crippen LogP contribution in [0.2, 0.25) is 5.02 Å². The molecule has 0 fully saturated rings. The van der Waals surface area contributed by atoms with E-state index in [1.807, 2.05) is 44.4 Å². The number of aliphatic hydroxyl groups is 1. The molecule has 0 radical (unpaired) electrons. The SMILES string of the molecule is CNC.CNC(=O)c1cnc(OCCO)c(F)c1-c1c(Cl)c(F)cc2c1CC(c1ccccc1)O2. The number of nitrogens with one attached hydrogen (secondary N) is 2. The Morgan fingerprint density at radius 2 is 1.91 bits per heavy atom. The number of pyridine rings is 1. The summed E-state index contributed by atoms with van der Waals surface area (Å²) in [5.41, 5.74) is 0.950. The molecule has 1 aliphatic rings. The molecule has 1 unspecified atom stereocenters. The Labute approximate surface area is 207 Å². The van der Waals surface area contributed by atoms with Crippen molar-refractivity contribution in [3.8, 4) is 22.8 Å². The number of ether oxygens (including phenoxy) is 2. The normalized spacial score (nSPS) is 13.9. The lowest BCUT2D eigenvalue weighted by molar-refractivity contribution is 0.0962. The van der Waals surface area contributed by atoms with Crippen molar-refractivity contribution in [2.45, 2.75) is 12.5 Å². The number of hydrogen-bond donors (Lipinski definition) is 3. The first kappa shape index (κ1) is 26.3. The van der Waals surface area contributed by atoms with Gasteiger partial charge in [0.15, 0.2) is 5.82 Å². The van der Waals surface area contributed by atoms with Crippen molar-refractivity contribution < 1.29 is 28.2 Å². The van der Waals surface area contributed by atoms with Gasteiger partial charge in [0.05, 0.1) is 17.2 Å². The van der Waals surface area contributed by atoms with E-state index in [0.717, 1.165) is 17.8 Å². The van der Waals surface area contributed by atoms with Crippen molar-refractivity contribution in [3.05, 3.63) is 75.9 Å². The lowest BCUT2D eigenvalue weighted by Gasteiger charge is -2.16. The number of rotatable bonds is 6. The van der Waals surface area contributed by atoms with Crippen LogP contribution in [0.4, 0.5) is 8.78 Å². The van der Waals surface area contributed by atoms with E-state index in [4.69, 9.17) is 26.2 Å². The fourth-order valence-corrected chi connectivity index (χ4v) is 3.97. The maximum absolute atomic E-state index is 15.6. The minimum atomic E-state index is -0.989. The molecule has 1 atom stereocenters. The van der Waals surface area contributed by atoms with Gasteiger partial charge in [-0.3, -0.25) is 4.79 Å². The monoisotopic (exact) mass is 505 g/mol. The van der Waals surface area contributed by atoms with Crippen LogP contribution in [0.5, 0.6) is 11.6 Å². The minimum Gasteiger partial charge on any atom is -0.485 e. The fourth-order valence-electron chi connectivity index (χ4n) is 3.71. The van der Waals surface area contributed by atoms with E-state index in [1.165, 1.54) is 7.05 Å². The summed E-state index contributed by atoms with van der Waals surface area (Å²) in [5, 5.41) is 13.8. The first-order valence-electron chi connectivity index (χ1n) is 10.8. The average Bonchev–Trinajstić information content (AvgIpc) is 3.28. The van der Waals surface area contributed by atoms with Gasteiger partial charge in [-0.05, 0) is 19.7 Å². The summed E-state index contributed by atoms with van der Waals surface area (Å²) in [6.07, 6.45) is 0.986. The summed E-state index contributed by atoms with van der Waals surface area (Å²) < 4.78 is 41.5. The molecule has 35 heavy (non-hydrogen) atoms. The van der Waals surface area contributed by atoms with E-state index in [0.29, 0.717) is 5.56 Å². The van der Waals surface area contributed by atoms with Gasteiger partial charge in [0, 0.05) is 42.4 Å². The van der Waals surface area contributed by atoms with Gasteiger partial charge < -0.3 is 25.2 Å². The molecular weight excluding hydrogens is 480 g/mol. The van der Waals surface area contributed by atoms with E-state index in [1.54, 1.807) is 0 Å². The fraction of sp³-hybridized carbons (Fsp3) is 0.280. The number of carbonyl (C=O) groups excluding carboxylic acids is 1. The summed E-state index contributed by atoms with van der Waals surface area (Å²) in [5.74, 6) is -2.65. The van der Waals surface area contributed by atoms with Crippen molar-refractivity contribution in [3.63, 3.8) is 0 Å². The highest BCUT2D eigenvalue weighted by molar-refractivity contribution is 6.34. The first-order chi connectivity index (χ1) is 16.9. The first-order valence-corrected chi connectivity index (χ1v) is 11.2. The Morgan fingerprint density at radius 3 is 2.54 bits per heavy atom. The summed E-state index contributed by atoms with van der Waals surface area (Å²) in [4.78, 5) is 16.3. The topological polar surface area (TPSA) is 92.7 Å². The van der Waals surface area contributed by atoms with Crippen molar-refractivity contribution in [1.82, 2.24) is 15.6 Å². The van der Waals surface area contributed by atoms with Crippen LogP contribution in [0.3, 0.4) is 0 Å². The third-order valence-electron chi connectivity index (χ3n) is 5.16. The van der Waals surface area contributed by atoms with Crippen LogP contribution in [0.25, 0.3) is 11.1 Å². The quantitative estimate of drug-likeness (QED) is 0.470. The second-order valence-electron chi connectivity index (χ2n) is 7.56. The number of amides is 1. The van der Waals surface area contributed by atoms with E-state index in [9.17, 15) is 9.18 Å². The number of nitrogens with zero attached hydrogens (tertiary/aromatic N) is 1. The molecule has 186 valence electrons. The maximum Gasteiger partial charge on any atom is 0.253 e. The Balaban J connectivity index is 0.00000108. The predicted molar refractivity (Wildman–Crippen MR) is 129 cm³/mol. The minimum absolute atomic E-state index is 0.00689. The third kappa shape index (κ3) is 5.53. The Morgan fingerprint density at radius 1 is 1.23 bits per heavy atom. The van der Waals surface area contributed by atoms with Gasteiger partial charge in [-0.25, -0.2) is 13.8 Å². The van der Waals surface area contributed by atoms with Gasteiger partial charge in [-0.15, -0.1) is 0 Å². The van der Waals surface area contributed by atoms with Crippen molar-refractivity contribution >= 4 is 17.5 Å². The van der Waals surface area contributed by atoms with E-state index < -0.39 is 29.5 Å². The van der Waals surface area contributed by atoms with Crippen LogP contribution < -0.4 is 20.1 Å². The number of carbonyl (C=O) groups is 1. The van der Waals surface area contributed by atoms with Crippen LogP contribution in [-0.4, -0.2) is 50.4 Å². The van der Waals surface area contributed by atoms with Gasteiger partial charge in [0.25, 0.3) is 11.8 Å². The van der Waals surface area contributed by atoms with E-state index >= 15 is 4.39 Å². The summed E-state index contributed by atoms with van der Waals surface area (Å²) in [7, 11) is 5.13. The number of fused-ring (bicyclic) bond motifs is 1. The Kier molecular flexibility index (Phi) is 8.97. The lowest BCUT2D eigenvalue weighted by Crippen LogP contribution is -2.20. The van der Waals surface area contributed by atoms with Crippen molar-refractivity contribution in [2.24, 2.45) is 0 Å². The maximum atomic E-state index is 15.6. The van der Waals surface area contributed by atoms with Gasteiger partial charge in [-0.2, -0.15) is 0 Å². The van der Waals surface area contributed by atoms with E-state index in [-0.39, 0.29) is 47.1 Å². The summed E-state index contributed by atoms with van der Waals surface area (Å²) in [6.45, 7) is -0.576. The molecular formula is C25H26ClF2N3O4. The van der Waals surface area contributed by atoms with E-state index in [2.05, 4.69) is 15.6 Å². The highest BCUT2D eigenvalue weighted by Crippen LogP contribution is 2.48. The average molecular weight is 506 g/mol. The van der Waals surface area contributed by atoms with Gasteiger partial charge >= 0.3 is 0 Å². The number of aliphatic hydroxyl groups excluding tert-OH is 1. The predicted octanol–water partition coefficient (Wildman–Crippen LogP) is 3.92. The van der Waals surface area contributed by atoms with Crippen LogP contribution in [0.15, 0.2) is 42.6 Å². The third-order valence-corrected chi connectivity index (χ3v) is 5.53. The zero-order valence-electron chi connectivity index (χ0n) is 19.5. The number of benzene rings is 2. The van der Waals surface area contributed by atoms with Crippen LogP contribution >= 0.6 is 11.6 Å². The molecule has 0 aliphatic carbocycles. The Hall–Kier alpha value is -3.27. The molecule has 2 aromatic carbocycles. The van der Waals surface area contributed by atoms with Crippen LogP contribution in [-0.2, 0) is 6.42 Å².